The smallest absolute Gasteiger partial charge is 0.312 e. The van der Waals surface area contributed by atoms with E-state index in [0.717, 1.165) is 28.7 Å². The van der Waals surface area contributed by atoms with Crippen LogP contribution in [0.25, 0.3) is 0 Å². The maximum atomic E-state index is 11.0. The molecule has 0 aliphatic heterocycles. The number of hydrogen-bond donors (Lipinski definition) is 2. The molecule has 1 aromatic heterocycles. The van der Waals surface area contributed by atoms with Crippen molar-refractivity contribution in [3.63, 3.8) is 0 Å². The topological polar surface area (TPSA) is 62.2 Å². The van der Waals surface area contributed by atoms with Gasteiger partial charge in [-0.05, 0) is 31.1 Å². The van der Waals surface area contributed by atoms with E-state index >= 15 is 0 Å². The van der Waals surface area contributed by atoms with Crippen LogP contribution in [-0.4, -0.2) is 22.6 Å². The number of thiazole rings is 1. The minimum Gasteiger partial charge on any atom is -0.481 e. The van der Waals surface area contributed by atoms with E-state index in [1.807, 2.05) is 0 Å². The van der Waals surface area contributed by atoms with Crippen molar-refractivity contribution in [2.24, 2.45) is 5.41 Å². The average Bonchev–Trinajstić information content (AvgIpc) is 2.73. The molecule has 0 amide bonds. The van der Waals surface area contributed by atoms with E-state index in [4.69, 9.17) is 5.11 Å². The number of aromatic nitrogens is 1. The molecule has 17 heavy (non-hydrogen) atoms. The Morgan fingerprint density at radius 1 is 1.65 bits per heavy atom. The molecule has 92 valence electrons. The van der Waals surface area contributed by atoms with E-state index < -0.39 is 5.97 Å². The lowest BCUT2D eigenvalue weighted by molar-refractivity contribution is -0.138. The first-order valence-corrected chi connectivity index (χ1v) is 6.85. The van der Waals surface area contributed by atoms with Crippen molar-refractivity contribution < 1.29 is 9.90 Å². The molecule has 1 fully saturated rings. The zero-order valence-electron chi connectivity index (χ0n) is 9.82. The molecule has 1 saturated carbocycles. The quantitative estimate of drug-likeness (QED) is 0.864. The molecule has 2 aliphatic carbocycles. The van der Waals surface area contributed by atoms with Gasteiger partial charge in [0.25, 0.3) is 0 Å². The third-order valence-electron chi connectivity index (χ3n) is 3.79. The summed E-state index contributed by atoms with van der Waals surface area (Å²) in [5.74, 6) is -1.12. The van der Waals surface area contributed by atoms with Crippen LogP contribution in [0.2, 0.25) is 0 Å². The second kappa shape index (κ2) is 3.70. The standard InChI is InChI=1S/C12H16N2O2S/c1-12(4-5-12)6-13-11-14-9-7(10(15)16)2-3-8(9)17-11/h7H,2-6H2,1H3,(H,13,14)(H,15,16). The highest BCUT2D eigenvalue weighted by Crippen LogP contribution is 2.45. The normalized spacial score (nSPS) is 24.4. The minimum atomic E-state index is -0.741. The van der Waals surface area contributed by atoms with Gasteiger partial charge in [-0.2, -0.15) is 0 Å². The first-order chi connectivity index (χ1) is 8.07. The number of carbonyl (C=O) groups is 1. The average molecular weight is 252 g/mol. The summed E-state index contributed by atoms with van der Waals surface area (Å²) in [6.07, 6.45) is 4.14. The van der Waals surface area contributed by atoms with Gasteiger partial charge in [0.05, 0.1) is 5.69 Å². The zero-order chi connectivity index (χ0) is 12.0. The van der Waals surface area contributed by atoms with E-state index in [2.05, 4.69) is 17.2 Å². The molecule has 5 heteroatoms. The SMILES string of the molecule is CC1(CNc2nc3c(s2)CCC3C(=O)O)CC1. The highest BCUT2D eigenvalue weighted by atomic mass is 32.1. The number of nitrogens with zero attached hydrogens (tertiary/aromatic N) is 1. The zero-order valence-corrected chi connectivity index (χ0v) is 10.6. The van der Waals surface area contributed by atoms with E-state index in [9.17, 15) is 4.79 Å². The molecule has 4 nitrogen and oxygen atoms in total. The monoisotopic (exact) mass is 252 g/mol. The fourth-order valence-electron chi connectivity index (χ4n) is 2.22. The Labute approximate surface area is 104 Å². The molecule has 0 radical (unpaired) electrons. The van der Waals surface area contributed by atoms with Gasteiger partial charge in [0.15, 0.2) is 5.13 Å². The second-order valence-corrected chi connectivity index (χ2v) is 6.50. The number of aliphatic carboxylic acids is 1. The lowest BCUT2D eigenvalue weighted by atomic mass is 10.1. The van der Waals surface area contributed by atoms with Crippen LogP contribution in [0.3, 0.4) is 0 Å². The molecule has 1 atom stereocenters. The maximum Gasteiger partial charge on any atom is 0.312 e. The Kier molecular flexibility index (Phi) is 2.40. The number of hydrogen-bond acceptors (Lipinski definition) is 4. The third-order valence-corrected chi connectivity index (χ3v) is 4.87. The Balaban J connectivity index is 1.72. The van der Waals surface area contributed by atoms with Gasteiger partial charge in [-0.1, -0.05) is 6.92 Å². The van der Waals surface area contributed by atoms with Crippen LogP contribution in [0.1, 0.15) is 42.7 Å². The van der Waals surface area contributed by atoms with Gasteiger partial charge >= 0.3 is 5.97 Å². The molecule has 2 N–H and O–H groups in total. The highest BCUT2D eigenvalue weighted by molar-refractivity contribution is 7.15. The van der Waals surface area contributed by atoms with Crippen LogP contribution < -0.4 is 5.32 Å². The molecule has 0 aromatic carbocycles. The molecule has 1 aromatic rings. The Hall–Kier alpha value is -1.10. The van der Waals surface area contributed by atoms with Crippen LogP contribution in [0, 0.1) is 5.41 Å². The fourth-order valence-corrected chi connectivity index (χ4v) is 3.26. The Morgan fingerprint density at radius 2 is 2.41 bits per heavy atom. The molecule has 1 unspecified atom stereocenters. The van der Waals surface area contributed by atoms with Gasteiger partial charge in [0, 0.05) is 11.4 Å². The van der Waals surface area contributed by atoms with Gasteiger partial charge in [-0.25, -0.2) is 4.98 Å². The third kappa shape index (κ3) is 2.04. The summed E-state index contributed by atoms with van der Waals surface area (Å²) in [6, 6.07) is 0. The first-order valence-electron chi connectivity index (χ1n) is 6.04. The number of aryl methyl sites for hydroxylation is 1. The lowest BCUT2D eigenvalue weighted by Crippen LogP contribution is -2.12. The number of nitrogens with one attached hydrogen (secondary N) is 1. The molecule has 0 bridgehead atoms. The van der Waals surface area contributed by atoms with Crippen molar-refractivity contribution >= 4 is 22.4 Å². The van der Waals surface area contributed by atoms with Crippen molar-refractivity contribution in [2.75, 3.05) is 11.9 Å². The number of carboxylic acids is 1. The number of fused-ring (bicyclic) bond motifs is 1. The van der Waals surface area contributed by atoms with Crippen LogP contribution in [-0.2, 0) is 11.2 Å². The summed E-state index contributed by atoms with van der Waals surface area (Å²) < 4.78 is 0. The number of anilines is 1. The van der Waals surface area contributed by atoms with Crippen molar-refractivity contribution in [1.29, 1.82) is 0 Å². The second-order valence-electron chi connectivity index (χ2n) is 5.42. The summed E-state index contributed by atoms with van der Waals surface area (Å²) in [5, 5.41) is 13.3. The Morgan fingerprint density at radius 3 is 3.06 bits per heavy atom. The first kappa shape index (κ1) is 11.0. The minimum absolute atomic E-state index is 0.381. The van der Waals surface area contributed by atoms with E-state index in [-0.39, 0.29) is 5.92 Å². The van der Waals surface area contributed by atoms with E-state index in [1.54, 1.807) is 11.3 Å². The predicted molar refractivity (Wildman–Crippen MR) is 66.6 cm³/mol. The number of carboxylic acid groups (broad SMARTS) is 1. The molecule has 0 saturated heterocycles. The van der Waals surface area contributed by atoms with Gasteiger partial charge in [-0.15, -0.1) is 11.3 Å². The molecule has 3 rings (SSSR count). The molecule has 2 aliphatic rings. The predicted octanol–water partition coefficient (Wildman–Crippen LogP) is 2.47. The van der Waals surface area contributed by atoms with Crippen molar-refractivity contribution in [3.8, 4) is 0 Å². The van der Waals surface area contributed by atoms with Crippen molar-refractivity contribution in [1.82, 2.24) is 4.98 Å². The number of rotatable bonds is 4. The van der Waals surface area contributed by atoms with E-state index in [1.165, 1.54) is 12.8 Å². The Bertz CT molecular complexity index is 465. The summed E-state index contributed by atoms with van der Waals surface area (Å²) in [7, 11) is 0. The largest absolute Gasteiger partial charge is 0.481 e. The summed E-state index contributed by atoms with van der Waals surface area (Å²) >= 11 is 1.63. The fraction of sp³-hybridized carbons (Fsp3) is 0.667. The molecular weight excluding hydrogens is 236 g/mol. The summed E-state index contributed by atoms with van der Waals surface area (Å²) in [5.41, 5.74) is 1.24. The highest BCUT2D eigenvalue weighted by Gasteiger charge is 2.37. The lowest BCUT2D eigenvalue weighted by Gasteiger charge is -2.08. The summed E-state index contributed by atoms with van der Waals surface area (Å²) in [4.78, 5) is 16.6. The summed E-state index contributed by atoms with van der Waals surface area (Å²) in [6.45, 7) is 3.22. The van der Waals surface area contributed by atoms with Gasteiger partial charge in [0.1, 0.15) is 5.92 Å². The maximum absolute atomic E-state index is 11.0. The molecule has 1 heterocycles. The van der Waals surface area contributed by atoms with Crippen molar-refractivity contribution in [3.05, 3.63) is 10.6 Å². The molecule has 0 spiro atoms. The van der Waals surface area contributed by atoms with Crippen LogP contribution in [0.4, 0.5) is 5.13 Å². The van der Waals surface area contributed by atoms with Gasteiger partial charge < -0.3 is 10.4 Å². The van der Waals surface area contributed by atoms with Crippen LogP contribution in [0.5, 0.6) is 0 Å². The van der Waals surface area contributed by atoms with Crippen LogP contribution in [0.15, 0.2) is 0 Å². The van der Waals surface area contributed by atoms with Gasteiger partial charge in [-0.3, -0.25) is 4.79 Å². The van der Waals surface area contributed by atoms with Gasteiger partial charge in [0.2, 0.25) is 0 Å². The molecular formula is C12H16N2O2S. The van der Waals surface area contributed by atoms with Crippen molar-refractivity contribution in [2.45, 2.75) is 38.5 Å². The van der Waals surface area contributed by atoms with Crippen LogP contribution >= 0.6 is 11.3 Å². The van der Waals surface area contributed by atoms with E-state index in [0.29, 0.717) is 11.8 Å².